The number of nitrogens with zero attached hydrogens (tertiary/aromatic N) is 1. The third-order valence-corrected chi connectivity index (χ3v) is 5.83. The molecule has 4 atom stereocenters. The highest BCUT2D eigenvalue weighted by molar-refractivity contribution is 6.08. The molecule has 2 amide bonds. The van der Waals surface area contributed by atoms with Crippen LogP contribution in [0.15, 0.2) is 18.2 Å². The summed E-state index contributed by atoms with van der Waals surface area (Å²) in [5.41, 5.74) is -0.446. The third kappa shape index (κ3) is 2.83. The van der Waals surface area contributed by atoms with E-state index in [1.807, 2.05) is 6.07 Å². The summed E-state index contributed by atoms with van der Waals surface area (Å²) < 4.78 is 16.0. The lowest BCUT2D eigenvalue weighted by Crippen LogP contribution is -2.97. The fourth-order valence-corrected chi connectivity index (χ4v) is 4.49. The maximum Gasteiger partial charge on any atom is 0.368 e. The SMILES string of the molecule is CCOC(=O)[C@]1(C)[NH2+][C@@H](c2ccc(OC)cc2OC)[C@H]2C(=O)N(CC)C(=O)[C@@H]21. The number of hydrogen-bond donors (Lipinski definition) is 1. The Balaban J connectivity index is 2.12. The molecule has 0 bridgehead atoms. The molecule has 0 aliphatic carbocycles. The van der Waals surface area contributed by atoms with Crippen molar-refractivity contribution in [3.05, 3.63) is 23.8 Å². The molecule has 0 radical (unpaired) electrons. The molecule has 2 fully saturated rings. The molecule has 2 saturated heterocycles. The van der Waals surface area contributed by atoms with Gasteiger partial charge in [0.25, 0.3) is 0 Å². The van der Waals surface area contributed by atoms with Crippen molar-refractivity contribution < 1.29 is 33.9 Å². The van der Waals surface area contributed by atoms with E-state index in [0.29, 0.717) is 11.5 Å². The largest absolute Gasteiger partial charge is 0.497 e. The van der Waals surface area contributed by atoms with Gasteiger partial charge in [0.1, 0.15) is 29.4 Å². The number of benzene rings is 1. The number of carbonyl (C=O) groups excluding carboxylic acids is 3. The molecule has 2 N–H and O–H groups in total. The molecule has 8 heteroatoms. The van der Waals surface area contributed by atoms with Crippen molar-refractivity contribution in [2.45, 2.75) is 32.4 Å². The van der Waals surface area contributed by atoms with Gasteiger partial charge in [-0.15, -0.1) is 0 Å². The van der Waals surface area contributed by atoms with E-state index in [-0.39, 0.29) is 25.0 Å². The Labute approximate surface area is 164 Å². The highest BCUT2D eigenvalue weighted by atomic mass is 16.5. The molecule has 28 heavy (non-hydrogen) atoms. The van der Waals surface area contributed by atoms with Crippen LogP contribution in [0.25, 0.3) is 0 Å². The zero-order chi connectivity index (χ0) is 20.6. The van der Waals surface area contributed by atoms with Crippen LogP contribution in [-0.4, -0.2) is 55.6 Å². The van der Waals surface area contributed by atoms with Gasteiger partial charge in [-0.25, -0.2) is 4.79 Å². The van der Waals surface area contributed by atoms with E-state index < -0.39 is 29.4 Å². The van der Waals surface area contributed by atoms with Gasteiger partial charge in [0.15, 0.2) is 0 Å². The first kappa shape index (κ1) is 20.1. The number of esters is 1. The Kier molecular flexibility index (Phi) is 5.34. The quantitative estimate of drug-likeness (QED) is 0.552. The molecule has 2 aliphatic rings. The Morgan fingerprint density at radius 2 is 1.89 bits per heavy atom. The third-order valence-electron chi connectivity index (χ3n) is 5.83. The van der Waals surface area contributed by atoms with Crippen LogP contribution in [0, 0.1) is 11.8 Å². The van der Waals surface area contributed by atoms with Gasteiger partial charge in [0.05, 0.1) is 26.4 Å². The van der Waals surface area contributed by atoms with Crippen LogP contribution >= 0.6 is 0 Å². The van der Waals surface area contributed by atoms with E-state index in [1.54, 1.807) is 45.3 Å². The number of imide groups is 1. The lowest BCUT2D eigenvalue weighted by atomic mass is 9.80. The normalized spacial score (nSPS) is 29.0. The number of nitrogens with two attached hydrogens (primary N) is 1. The average molecular weight is 391 g/mol. The fraction of sp³-hybridized carbons (Fsp3) is 0.550. The van der Waals surface area contributed by atoms with Gasteiger partial charge < -0.3 is 19.5 Å². The Hall–Kier alpha value is -2.61. The van der Waals surface area contributed by atoms with Crippen LogP contribution in [0.4, 0.5) is 0 Å². The summed E-state index contributed by atoms with van der Waals surface area (Å²) in [5, 5.41) is 1.79. The minimum atomic E-state index is -1.19. The van der Waals surface area contributed by atoms with E-state index >= 15 is 0 Å². The summed E-state index contributed by atoms with van der Waals surface area (Å²) in [7, 11) is 3.09. The lowest BCUT2D eigenvalue weighted by molar-refractivity contribution is -0.731. The topological polar surface area (TPSA) is 98.8 Å². The average Bonchev–Trinajstić information content (AvgIpc) is 3.15. The number of fused-ring (bicyclic) bond motifs is 1. The summed E-state index contributed by atoms with van der Waals surface area (Å²) in [6, 6.07) is 4.88. The first-order valence-electron chi connectivity index (χ1n) is 9.44. The van der Waals surface area contributed by atoms with Crippen LogP contribution in [-0.2, 0) is 19.1 Å². The van der Waals surface area contributed by atoms with Gasteiger partial charge >= 0.3 is 5.97 Å². The molecule has 1 aromatic carbocycles. The molecule has 0 saturated carbocycles. The fourth-order valence-electron chi connectivity index (χ4n) is 4.49. The van der Waals surface area contributed by atoms with Crippen LogP contribution in [0.3, 0.4) is 0 Å². The first-order chi connectivity index (χ1) is 13.3. The van der Waals surface area contributed by atoms with E-state index in [1.165, 1.54) is 12.0 Å². The summed E-state index contributed by atoms with van der Waals surface area (Å²) >= 11 is 0. The van der Waals surface area contributed by atoms with Crippen molar-refractivity contribution in [2.75, 3.05) is 27.4 Å². The molecule has 0 unspecified atom stereocenters. The molecule has 2 heterocycles. The van der Waals surface area contributed by atoms with Crippen LogP contribution in [0.1, 0.15) is 32.4 Å². The molecule has 0 aromatic heterocycles. The predicted octanol–water partition coefficient (Wildman–Crippen LogP) is 0.265. The maximum atomic E-state index is 13.1. The van der Waals surface area contributed by atoms with Gasteiger partial charge in [-0.2, -0.15) is 0 Å². The number of methoxy groups -OCH3 is 2. The summed E-state index contributed by atoms with van der Waals surface area (Å²) in [6.45, 7) is 5.64. The second-order valence-electron chi connectivity index (χ2n) is 7.23. The number of carbonyl (C=O) groups is 3. The van der Waals surface area contributed by atoms with Crippen molar-refractivity contribution in [3.63, 3.8) is 0 Å². The smallest absolute Gasteiger partial charge is 0.368 e. The summed E-state index contributed by atoms with van der Waals surface area (Å²) in [6.07, 6.45) is 0. The number of likely N-dealkylation sites (tertiary alicyclic amines) is 1. The van der Waals surface area contributed by atoms with Gasteiger partial charge in [-0.1, -0.05) is 0 Å². The van der Waals surface area contributed by atoms with Crippen LogP contribution in [0.5, 0.6) is 11.5 Å². The lowest BCUT2D eigenvalue weighted by Gasteiger charge is -2.26. The standard InChI is InChI=1S/C20H26N2O6/c1-6-22-17(23)14-15(18(22)24)20(3,19(25)28-7-2)21-16(14)12-9-8-11(26-4)10-13(12)27-5/h8-10,14-16,21H,6-7H2,1-5H3/p+1/t14-,15+,16-,20+/m0/s1. The van der Waals surface area contributed by atoms with E-state index in [0.717, 1.165) is 5.56 Å². The molecule has 2 aliphatic heterocycles. The maximum absolute atomic E-state index is 13.1. The van der Waals surface area contributed by atoms with Gasteiger partial charge in [-0.05, 0) is 26.0 Å². The second kappa shape index (κ2) is 7.43. The minimum Gasteiger partial charge on any atom is -0.497 e. The molecule has 8 nitrogen and oxygen atoms in total. The molecule has 152 valence electrons. The highest BCUT2D eigenvalue weighted by Gasteiger charge is 2.70. The molecular formula is C20H27N2O6+. The van der Waals surface area contributed by atoms with Crippen molar-refractivity contribution in [3.8, 4) is 11.5 Å². The van der Waals surface area contributed by atoms with Gasteiger partial charge in [-0.3, -0.25) is 14.5 Å². The van der Waals surface area contributed by atoms with Crippen molar-refractivity contribution in [1.29, 1.82) is 0 Å². The van der Waals surface area contributed by atoms with Crippen molar-refractivity contribution >= 4 is 17.8 Å². The zero-order valence-corrected chi connectivity index (χ0v) is 16.9. The van der Waals surface area contributed by atoms with Gasteiger partial charge in [0.2, 0.25) is 17.4 Å². The number of amides is 2. The first-order valence-corrected chi connectivity index (χ1v) is 9.44. The highest BCUT2D eigenvalue weighted by Crippen LogP contribution is 2.46. The van der Waals surface area contributed by atoms with Crippen molar-refractivity contribution in [2.24, 2.45) is 11.8 Å². The zero-order valence-electron chi connectivity index (χ0n) is 16.9. The molecule has 3 rings (SSSR count). The number of rotatable bonds is 6. The van der Waals surface area contributed by atoms with E-state index in [2.05, 4.69) is 0 Å². The number of hydrogen-bond acceptors (Lipinski definition) is 6. The van der Waals surface area contributed by atoms with Gasteiger partial charge in [0, 0.05) is 19.5 Å². The van der Waals surface area contributed by atoms with Crippen LogP contribution in [0.2, 0.25) is 0 Å². The molecule has 0 spiro atoms. The van der Waals surface area contributed by atoms with E-state index in [4.69, 9.17) is 14.2 Å². The Morgan fingerprint density at radius 1 is 1.18 bits per heavy atom. The second-order valence-corrected chi connectivity index (χ2v) is 7.23. The predicted molar refractivity (Wildman–Crippen MR) is 98.6 cm³/mol. The monoisotopic (exact) mass is 391 g/mol. The van der Waals surface area contributed by atoms with E-state index in [9.17, 15) is 14.4 Å². The van der Waals surface area contributed by atoms with Crippen LogP contribution < -0.4 is 14.8 Å². The molecule has 1 aromatic rings. The summed E-state index contributed by atoms with van der Waals surface area (Å²) in [4.78, 5) is 40.1. The minimum absolute atomic E-state index is 0.204. The van der Waals surface area contributed by atoms with Crippen molar-refractivity contribution in [1.82, 2.24) is 4.90 Å². The Bertz CT molecular complexity index is 810. The number of ether oxygens (including phenoxy) is 3. The molecular weight excluding hydrogens is 364 g/mol. The summed E-state index contributed by atoms with van der Waals surface area (Å²) in [5.74, 6) is -1.35. The number of quaternary nitrogens is 1. The Morgan fingerprint density at radius 3 is 2.46 bits per heavy atom.